The van der Waals surface area contributed by atoms with Crippen LogP contribution in [0.2, 0.25) is 0 Å². The summed E-state index contributed by atoms with van der Waals surface area (Å²) in [5.74, 6) is -1.49. The van der Waals surface area contributed by atoms with Crippen molar-refractivity contribution < 1.29 is 32.0 Å². The van der Waals surface area contributed by atoms with Gasteiger partial charge in [-0.1, -0.05) is 30.3 Å². The molecule has 0 amide bonds. The Hall–Kier alpha value is -3.30. The first-order chi connectivity index (χ1) is 14.6. The lowest BCUT2D eigenvalue weighted by Gasteiger charge is -2.16. The zero-order chi connectivity index (χ0) is 22.8. The van der Waals surface area contributed by atoms with Crippen LogP contribution in [-0.2, 0) is 19.6 Å². The molecule has 0 aliphatic carbocycles. The monoisotopic (exact) mass is 443 g/mol. The lowest BCUT2D eigenvalue weighted by molar-refractivity contribution is -0.142. The third-order valence-electron chi connectivity index (χ3n) is 4.78. The Balaban J connectivity index is 1.62. The van der Waals surface area contributed by atoms with Gasteiger partial charge in [0, 0.05) is 23.6 Å². The van der Waals surface area contributed by atoms with Gasteiger partial charge in [0.1, 0.15) is 12.1 Å². The highest BCUT2D eigenvalue weighted by atomic mass is 32.2. The van der Waals surface area contributed by atoms with Gasteiger partial charge in [-0.25, -0.2) is 8.42 Å². The molecule has 3 rings (SSSR count). The first-order valence-electron chi connectivity index (χ1n) is 9.35. The molecule has 0 radical (unpaired) electrons. The molecule has 0 N–H and O–H groups in total. The van der Waals surface area contributed by atoms with Gasteiger partial charge in [0.2, 0.25) is 15.8 Å². The number of esters is 1. The van der Waals surface area contributed by atoms with E-state index in [2.05, 4.69) is 0 Å². The minimum absolute atomic E-state index is 0.0678. The van der Waals surface area contributed by atoms with E-state index in [0.29, 0.717) is 16.7 Å². The summed E-state index contributed by atoms with van der Waals surface area (Å²) < 4.78 is 36.5. The van der Waals surface area contributed by atoms with Crippen LogP contribution in [-0.4, -0.2) is 50.5 Å². The maximum absolute atomic E-state index is 12.6. The number of ether oxygens (including phenoxy) is 1. The Morgan fingerprint density at radius 1 is 1.03 bits per heavy atom. The molecular weight excluding hydrogens is 422 g/mol. The number of fused-ring (bicyclic) bond motifs is 1. The van der Waals surface area contributed by atoms with E-state index in [1.54, 1.807) is 19.1 Å². The number of carbonyl (C=O) groups is 3. The van der Waals surface area contributed by atoms with E-state index < -0.39 is 34.9 Å². The molecule has 1 aromatic heterocycles. The number of hydrogen-bond acceptors (Lipinski definition) is 7. The standard InChI is InChI=1S/C22H21NO7S/c1-14-18-6-4-5-7-20(18)30-22(14)19(25)13-29-21(26)12-23(3)31(27,28)17-10-8-16(9-11-17)15(2)24/h4-11H,12-13H2,1-3H3. The van der Waals surface area contributed by atoms with Crippen molar-refractivity contribution in [3.05, 3.63) is 65.4 Å². The van der Waals surface area contributed by atoms with Gasteiger partial charge in [0.05, 0.1) is 4.90 Å². The average Bonchev–Trinajstić information content (AvgIpc) is 3.09. The van der Waals surface area contributed by atoms with Crippen molar-refractivity contribution in [3.63, 3.8) is 0 Å². The second-order valence-corrected chi connectivity index (χ2v) is 9.02. The van der Waals surface area contributed by atoms with Crippen molar-refractivity contribution in [2.24, 2.45) is 0 Å². The summed E-state index contributed by atoms with van der Waals surface area (Å²) in [5, 5.41) is 0.791. The van der Waals surface area contributed by atoms with E-state index in [0.717, 1.165) is 9.69 Å². The number of ketones is 2. The second-order valence-electron chi connectivity index (χ2n) is 6.98. The molecule has 0 fully saturated rings. The summed E-state index contributed by atoms with van der Waals surface area (Å²) in [4.78, 5) is 35.8. The van der Waals surface area contributed by atoms with Crippen LogP contribution in [0.1, 0.15) is 33.4 Å². The molecule has 0 bridgehead atoms. The largest absolute Gasteiger partial charge is 0.456 e. The molecule has 2 aromatic carbocycles. The molecule has 0 spiro atoms. The number of aryl methyl sites for hydroxylation is 1. The van der Waals surface area contributed by atoms with Gasteiger partial charge in [-0.15, -0.1) is 0 Å². The fraction of sp³-hybridized carbons (Fsp3) is 0.227. The van der Waals surface area contributed by atoms with E-state index in [1.165, 1.54) is 38.2 Å². The Bertz CT molecular complexity index is 1260. The fourth-order valence-corrected chi connectivity index (χ4v) is 4.12. The number of hydrogen-bond donors (Lipinski definition) is 0. The van der Waals surface area contributed by atoms with Crippen LogP contribution in [0.25, 0.3) is 11.0 Å². The third-order valence-corrected chi connectivity index (χ3v) is 6.60. The summed E-state index contributed by atoms with van der Waals surface area (Å²) in [6.45, 7) is 1.96. The summed E-state index contributed by atoms with van der Waals surface area (Å²) >= 11 is 0. The first kappa shape index (κ1) is 22.4. The van der Waals surface area contributed by atoms with Crippen molar-refractivity contribution in [3.8, 4) is 0 Å². The normalized spacial score (nSPS) is 11.6. The number of likely N-dealkylation sites (N-methyl/N-ethyl adjacent to an activating group) is 1. The van der Waals surface area contributed by atoms with Crippen LogP contribution < -0.4 is 0 Å². The molecule has 0 aliphatic heterocycles. The number of nitrogens with zero attached hydrogens (tertiary/aromatic N) is 1. The molecule has 3 aromatic rings. The molecule has 0 atom stereocenters. The minimum Gasteiger partial charge on any atom is -0.456 e. The van der Waals surface area contributed by atoms with Crippen molar-refractivity contribution in [2.45, 2.75) is 18.7 Å². The minimum atomic E-state index is -3.97. The van der Waals surface area contributed by atoms with Gasteiger partial charge in [-0.2, -0.15) is 4.31 Å². The number of para-hydroxylation sites is 1. The molecule has 0 unspecified atom stereocenters. The van der Waals surface area contributed by atoms with E-state index in [1.807, 2.05) is 12.1 Å². The molecule has 31 heavy (non-hydrogen) atoms. The summed E-state index contributed by atoms with van der Waals surface area (Å²) in [6.07, 6.45) is 0. The SMILES string of the molecule is CC(=O)c1ccc(S(=O)(=O)N(C)CC(=O)OCC(=O)c2oc3ccccc3c2C)cc1. The highest BCUT2D eigenvalue weighted by molar-refractivity contribution is 7.89. The van der Waals surface area contributed by atoms with Crippen molar-refractivity contribution in [2.75, 3.05) is 20.2 Å². The number of sulfonamides is 1. The predicted molar refractivity (Wildman–Crippen MR) is 113 cm³/mol. The number of furan rings is 1. The molecule has 162 valence electrons. The topological polar surface area (TPSA) is 111 Å². The number of Topliss-reactive ketones (excluding diaryl/α,β-unsaturated/α-hetero) is 2. The Morgan fingerprint density at radius 2 is 1.68 bits per heavy atom. The van der Waals surface area contributed by atoms with E-state index in [-0.39, 0.29) is 16.4 Å². The lowest BCUT2D eigenvalue weighted by atomic mass is 10.1. The lowest BCUT2D eigenvalue weighted by Crippen LogP contribution is -2.33. The van der Waals surface area contributed by atoms with Gasteiger partial charge in [-0.3, -0.25) is 14.4 Å². The van der Waals surface area contributed by atoms with Crippen molar-refractivity contribution in [1.29, 1.82) is 0 Å². The van der Waals surface area contributed by atoms with Crippen LogP contribution in [0.3, 0.4) is 0 Å². The predicted octanol–water partition coefficient (Wildman–Crippen LogP) is 2.99. The number of benzene rings is 2. The second kappa shape index (κ2) is 8.83. The van der Waals surface area contributed by atoms with Gasteiger partial charge >= 0.3 is 5.97 Å². The highest BCUT2D eigenvalue weighted by Gasteiger charge is 2.25. The van der Waals surface area contributed by atoms with Gasteiger partial charge < -0.3 is 9.15 Å². The zero-order valence-electron chi connectivity index (χ0n) is 17.2. The van der Waals surface area contributed by atoms with E-state index in [9.17, 15) is 22.8 Å². The van der Waals surface area contributed by atoms with Crippen LogP contribution in [0, 0.1) is 6.92 Å². The highest BCUT2D eigenvalue weighted by Crippen LogP contribution is 2.25. The number of rotatable bonds is 8. The summed E-state index contributed by atoms with van der Waals surface area (Å²) in [5.41, 5.74) is 1.57. The van der Waals surface area contributed by atoms with Crippen LogP contribution in [0.15, 0.2) is 57.8 Å². The summed E-state index contributed by atoms with van der Waals surface area (Å²) in [7, 11) is -2.75. The van der Waals surface area contributed by atoms with Crippen LogP contribution in [0.5, 0.6) is 0 Å². The van der Waals surface area contributed by atoms with Gasteiger partial charge in [-0.05, 0) is 32.0 Å². The molecule has 1 heterocycles. The number of carbonyl (C=O) groups excluding carboxylic acids is 3. The van der Waals surface area contributed by atoms with E-state index >= 15 is 0 Å². The molecule has 0 saturated heterocycles. The molecule has 0 aliphatic rings. The maximum atomic E-state index is 12.6. The molecular formula is C22H21NO7S. The smallest absolute Gasteiger partial charge is 0.321 e. The van der Waals surface area contributed by atoms with Crippen molar-refractivity contribution in [1.82, 2.24) is 4.31 Å². The average molecular weight is 443 g/mol. The van der Waals surface area contributed by atoms with Crippen molar-refractivity contribution >= 4 is 38.5 Å². The summed E-state index contributed by atoms with van der Waals surface area (Å²) in [6, 6.07) is 12.5. The zero-order valence-corrected chi connectivity index (χ0v) is 18.1. The van der Waals surface area contributed by atoms with E-state index in [4.69, 9.17) is 9.15 Å². The Labute approximate surface area is 179 Å². The Morgan fingerprint density at radius 3 is 2.29 bits per heavy atom. The quantitative estimate of drug-likeness (QED) is 0.389. The Kier molecular flexibility index (Phi) is 6.37. The molecule has 8 nitrogen and oxygen atoms in total. The first-order valence-corrected chi connectivity index (χ1v) is 10.8. The molecule has 9 heteroatoms. The van der Waals surface area contributed by atoms with Gasteiger partial charge in [0.25, 0.3) is 0 Å². The van der Waals surface area contributed by atoms with Crippen LogP contribution >= 0.6 is 0 Å². The fourth-order valence-electron chi connectivity index (χ4n) is 3.01. The van der Waals surface area contributed by atoms with Gasteiger partial charge in [0.15, 0.2) is 18.2 Å². The van der Waals surface area contributed by atoms with Crippen LogP contribution in [0.4, 0.5) is 0 Å². The molecule has 0 saturated carbocycles. The third kappa shape index (κ3) is 4.73. The maximum Gasteiger partial charge on any atom is 0.321 e.